The van der Waals surface area contributed by atoms with E-state index >= 15 is 0 Å². The maximum Gasteiger partial charge on any atom is 0.257 e. The Bertz CT molecular complexity index is 427. The second-order valence-corrected chi connectivity index (χ2v) is 4.94. The van der Waals surface area contributed by atoms with Gasteiger partial charge >= 0.3 is 0 Å². The molecule has 0 spiro atoms. The predicted molar refractivity (Wildman–Crippen MR) is 79.0 cm³/mol. The summed E-state index contributed by atoms with van der Waals surface area (Å²) in [7, 11) is 0. The Kier molecular flexibility index (Phi) is 5.80. The first-order valence-electron chi connectivity index (χ1n) is 7.04. The minimum atomic E-state index is -0.0144. The lowest BCUT2D eigenvalue weighted by atomic mass is 10.0. The minimum absolute atomic E-state index is 0.0144. The fraction of sp³-hybridized carbons (Fsp3) is 0.600. The number of carbonyl (C=O) groups is 1. The van der Waals surface area contributed by atoms with E-state index < -0.39 is 0 Å². The number of aromatic nitrogens is 1. The molecule has 106 valence electrons. The van der Waals surface area contributed by atoms with Gasteiger partial charge in [0, 0.05) is 30.7 Å². The summed E-state index contributed by atoms with van der Waals surface area (Å²) in [6.07, 6.45) is 3.76. The van der Waals surface area contributed by atoms with Gasteiger partial charge in [-0.2, -0.15) is 0 Å². The SMILES string of the molecule is CCC(CC)CN(CC)C(=O)c1cnc(C)cc1N. The van der Waals surface area contributed by atoms with Gasteiger partial charge in [-0.25, -0.2) is 0 Å². The lowest BCUT2D eigenvalue weighted by molar-refractivity contribution is 0.0735. The summed E-state index contributed by atoms with van der Waals surface area (Å²) < 4.78 is 0. The molecule has 1 aromatic rings. The van der Waals surface area contributed by atoms with E-state index in [-0.39, 0.29) is 5.91 Å². The first-order chi connectivity index (χ1) is 9.03. The van der Waals surface area contributed by atoms with E-state index in [1.54, 1.807) is 12.3 Å². The first-order valence-corrected chi connectivity index (χ1v) is 7.04. The molecule has 0 aromatic carbocycles. The molecule has 1 heterocycles. The number of pyridine rings is 1. The van der Waals surface area contributed by atoms with Crippen LogP contribution in [0.4, 0.5) is 5.69 Å². The number of anilines is 1. The number of nitrogens with zero attached hydrogens (tertiary/aromatic N) is 2. The van der Waals surface area contributed by atoms with Crippen molar-refractivity contribution in [1.29, 1.82) is 0 Å². The van der Waals surface area contributed by atoms with Crippen LogP contribution in [0.5, 0.6) is 0 Å². The molecular formula is C15H25N3O. The van der Waals surface area contributed by atoms with Crippen LogP contribution in [-0.2, 0) is 0 Å². The van der Waals surface area contributed by atoms with Crippen LogP contribution in [0.25, 0.3) is 0 Å². The molecule has 4 heteroatoms. The third kappa shape index (κ3) is 3.94. The largest absolute Gasteiger partial charge is 0.398 e. The van der Waals surface area contributed by atoms with E-state index in [1.807, 2.05) is 18.7 Å². The van der Waals surface area contributed by atoms with Crippen molar-refractivity contribution in [2.45, 2.75) is 40.5 Å². The Morgan fingerprint density at radius 3 is 2.47 bits per heavy atom. The smallest absolute Gasteiger partial charge is 0.257 e. The number of carbonyl (C=O) groups excluding carboxylic acids is 1. The van der Waals surface area contributed by atoms with Crippen LogP contribution in [0, 0.1) is 12.8 Å². The molecule has 0 unspecified atom stereocenters. The second-order valence-electron chi connectivity index (χ2n) is 4.94. The van der Waals surface area contributed by atoms with Gasteiger partial charge in [-0.05, 0) is 25.8 Å². The average Bonchev–Trinajstić information content (AvgIpc) is 2.39. The molecule has 0 fully saturated rings. The van der Waals surface area contributed by atoms with E-state index in [4.69, 9.17) is 5.73 Å². The van der Waals surface area contributed by atoms with Crippen molar-refractivity contribution in [3.8, 4) is 0 Å². The van der Waals surface area contributed by atoms with Gasteiger partial charge in [0.05, 0.1) is 5.56 Å². The summed E-state index contributed by atoms with van der Waals surface area (Å²) in [5.41, 5.74) is 7.78. The third-order valence-corrected chi connectivity index (χ3v) is 3.61. The summed E-state index contributed by atoms with van der Waals surface area (Å²) in [5, 5.41) is 0. The fourth-order valence-corrected chi connectivity index (χ4v) is 2.14. The van der Waals surface area contributed by atoms with E-state index in [9.17, 15) is 4.79 Å². The van der Waals surface area contributed by atoms with Gasteiger partial charge in [0.25, 0.3) is 5.91 Å². The van der Waals surface area contributed by atoms with Crippen molar-refractivity contribution in [3.63, 3.8) is 0 Å². The molecule has 0 aliphatic rings. The Morgan fingerprint density at radius 2 is 2.00 bits per heavy atom. The van der Waals surface area contributed by atoms with Crippen LogP contribution in [0.15, 0.2) is 12.3 Å². The molecule has 0 atom stereocenters. The highest BCUT2D eigenvalue weighted by molar-refractivity contribution is 5.98. The van der Waals surface area contributed by atoms with Gasteiger partial charge in [0.15, 0.2) is 0 Å². The molecule has 1 aromatic heterocycles. The molecule has 0 saturated carbocycles. The van der Waals surface area contributed by atoms with Crippen LogP contribution in [0.3, 0.4) is 0 Å². The zero-order valence-electron chi connectivity index (χ0n) is 12.4. The van der Waals surface area contributed by atoms with Crippen molar-refractivity contribution in [3.05, 3.63) is 23.5 Å². The number of hydrogen-bond donors (Lipinski definition) is 1. The van der Waals surface area contributed by atoms with Crippen molar-refractivity contribution in [2.24, 2.45) is 5.92 Å². The Morgan fingerprint density at radius 1 is 1.37 bits per heavy atom. The van der Waals surface area contributed by atoms with Gasteiger partial charge in [-0.15, -0.1) is 0 Å². The van der Waals surface area contributed by atoms with Crippen molar-refractivity contribution >= 4 is 11.6 Å². The van der Waals surface area contributed by atoms with Gasteiger partial charge in [-0.1, -0.05) is 26.7 Å². The van der Waals surface area contributed by atoms with E-state index in [0.717, 1.165) is 25.1 Å². The molecule has 0 aliphatic heterocycles. The van der Waals surface area contributed by atoms with E-state index in [1.165, 1.54) is 0 Å². The van der Waals surface area contributed by atoms with E-state index in [0.29, 0.717) is 23.7 Å². The monoisotopic (exact) mass is 263 g/mol. The Hall–Kier alpha value is -1.58. The van der Waals surface area contributed by atoms with Crippen LogP contribution < -0.4 is 5.73 Å². The summed E-state index contributed by atoms with van der Waals surface area (Å²) in [5.74, 6) is 0.530. The Balaban J connectivity index is 2.89. The number of aryl methyl sites for hydroxylation is 1. The second kappa shape index (κ2) is 7.12. The number of hydrogen-bond acceptors (Lipinski definition) is 3. The zero-order chi connectivity index (χ0) is 14.4. The molecule has 0 aliphatic carbocycles. The Labute approximate surface area is 116 Å². The van der Waals surface area contributed by atoms with Crippen molar-refractivity contribution in [1.82, 2.24) is 9.88 Å². The molecule has 0 bridgehead atoms. The predicted octanol–water partition coefficient (Wildman–Crippen LogP) is 2.87. The van der Waals surface area contributed by atoms with Gasteiger partial charge in [0.2, 0.25) is 0 Å². The number of amides is 1. The highest BCUT2D eigenvalue weighted by atomic mass is 16.2. The summed E-state index contributed by atoms with van der Waals surface area (Å²) in [6, 6.07) is 1.75. The van der Waals surface area contributed by atoms with E-state index in [2.05, 4.69) is 18.8 Å². The molecule has 19 heavy (non-hydrogen) atoms. The molecule has 4 nitrogen and oxygen atoms in total. The molecule has 1 rings (SSSR count). The fourth-order valence-electron chi connectivity index (χ4n) is 2.14. The van der Waals surface area contributed by atoms with Crippen LogP contribution in [0.1, 0.15) is 49.7 Å². The lowest BCUT2D eigenvalue weighted by Crippen LogP contribution is -2.35. The van der Waals surface area contributed by atoms with Crippen molar-refractivity contribution in [2.75, 3.05) is 18.8 Å². The first kappa shape index (κ1) is 15.5. The molecule has 0 saturated heterocycles. The quantitative estimate of drug-likeness (QED) is 0.858. The van der Waals surface area contributed by atoms with Crippen LogP contribution in [-0.4, -0.2) is 28.9 Å². The molecule has 0 radical (unpaired) electrons. The summed E-state index contributed by atoms with van der Waals surface area (Å²) in [4.78, 5) is 18.5. The number of nitrogen functional groups attached to an aromatic ring is 1. The number of rotatable bonds is 6. The lowest BCUT2D eigenvalue weighted by Gasteiger charge is -2.26. The van der Waals surface area contributed by atoms with Gasteiger partial charge in [0.1, 0.15) is 0 Å². The number of nitrogens with two attached hydrogens (primary N) is 1. The van der Waals surface area contributed by atoms with Gasteiger partial charge in [-0.3, -0.25) is 9.78 Å². The summed E-state index contributed by atoms with van der Waals surface area (Å²) in [6.45, 7) is 9.67. The van der Waals surface area contributed by atoms with Crippen molar-refractivity contribution < 1.29 is 4.79 Å². The third-order valence-electron chi connectivity index (χ3n) is 3.61. The van der Waals surface area contributed by atoms with Crippen LogP contribution in [0.2, 0.25) is 0 Å². The maximum atomic E-state index is 12.5. The van der Waals surface area contributed by atoms with Crippen LogP contribution >= 0.6 is 0 Å². The average molecular weight is 263 g/mol. The minimum Gasteiger partial charge on any atom is -0.398 e. The zero-order valence-corrected chi connectivity index (χ0v) is 12.4. The van der Waals surface area contributed by atoms with Gasteiger partial charge < -0.3 is 10.6 Å². The molecule has 1 amide bonds. The standard InChI is InChI=1S/C15H25N3O/c1-5-12(6-2)10-18(7-3)15(19)13-9-17-11(4)8-14(13)16/h8-9,12H,5-7,10H2,1-4H3,(H2,16,17). The normalized spacial score (nSPS) is 10.8. The topological polar surface area (TPSA) is 59.2 Å². The molecule has 2 N–H and O–H groups in total. The highest BCUT2D eigenvalue weighted by Gasteiger charge is 2.19. The summed E-state index contributed by atoms with van der Waals surface area (Å²) >= 11 is 0. The molecular weight excluding hydrogens is 238 g/mol. The maximum absolute atomic E-state index is 12.5. The highest BCUT2D eigenvalue weighted by Crippen LogP contribution is 2.17.